The Labute approximate surface area is 74.7 Å². The Bertz CT molecular complexity index is 164. The van der Waals surface area contributed by atoms with Gasteiger partial charge < -0.3 is 9.64 Å². The van der Waals surface area contributed by atoms with Crippen molar-refractivity contribution in [1.29, 1.82) is 0 Å². The predicted molar refractivity (Wildman–Crippen MR) is 48.7 cm³/mol. The molecule has 12 heavy (non-hydrogen) atoms. The summed E-state index contributed by atoms with van der Waals surface area (Å²) in [6.45, 7) is 9.21. The van der Waals surface area contributed by atoms with Crippen LogP contribution in [0.15, 0.2) is 0 Å². The van der Waals surface area contributed by atoms with Crippen LogP contribution >= 0.6 is 0 Å². The number of carbonyl (C=O) groups is 1. The Morgan fingerprint density at radius 1 is 1.42 bits per heavy atom. The Hall–Kier alpha value is -0.570. The van der Waals surface area contributed by atoms with Crippen LogP contribution in [0.2, 0.25) is 0 Å². The zero-order valence-corrected chi connectivity index (χ0v) is 8.84. The molecule has 0 aromatic heterocycles. The summed E-state index contributed by atoms with van der Waals surface area (Å²) >= 11 is 0. The fourth-order valence-electron chi connectivity index (χ4n) is 1.04. The van der Waals surface area contributed by atoms with Gasteiger partial charge in [0.1, 0.15) is 5.72 Å². The molecule has 0 unspecified atom stereocenters. The van der Waals surface area contributed by atoms with E-state index in [1.54, 1.807) is 11.9 Å². The van der Waals surface area contributed by atoms with Gasteiger partial charge in [-0.2, -0.15) is 0 Å². The second-order valence-corrected chi connectivity index (χ2v) is 3.69. The van der Waals surface area contributed by atoms with Gasteiger partial charge >= 0.3 is 0 Å². The predicted octanol–water partition coefficient (Wildman–Crippen LogP) is 1.63. The largest absolute Gasteiger partial charge is 0.354 e. The van der Waals surface area contributed by atoms with Crippen molar-refractivity contribution in [2.45, 2.75) is 46.4 Å². The third-order valence-corrected chi connectivity index (χ3v) is 1.80. The van der Waals surface area contributed by atoms with Gasteiger partial charge in [0.05, 0.1) is 6.10 Å². The third kappa shape index (κ3) is 3.22. The maximum Gasteiger partial charge on any atom is 0.221 e. The molecule has 0 saturated heterocycles. The van der Waals surface area contributed by atoms with Gasteiger partial charge in [0.2, 0.25) is 5.91 Å². The fourth-order valence-corrected chi connectivity index (χ4v) is 1.04. The lowest BCUT2D eigenvalue weighted by molar-refractivity contribution is -0.168. The maximum atomic E-state index is 11.0. The Morgan fingerprint density at radius 3 is 2.08 bits per heavy atom. The molecular weight excluding hydrogens is 154 g/mol. The second kappa shape index (κ2) is 3.90. The van der Waals surface area contributed by atoms with E-state index in [0.717, 1.165) is 0 Å². The molecule has 0 aromatic rings. The van der Waals surface area contributed by atoms with Crippen LogP contribution in [0.1, 0.15) is 34.6 Å². The van der Waals surface area contributed by atoms with Crippen LogP contribution in [0.3, 0.4) is 0 Å². The Morgan fingerprint density at radius 2 is 1.83 bits per heavy atom. The molecule has 0 heterocycles. The molecule has 0 fully saturated rings. The number of rotatable bonds is 3. The molecule has 0 rings (SSSR count). The Kier molecular flexibility index (Phi) is 3.71. The van der Waals surface area contributed by atoms with Crippen molar-refractivity contribution in [1.82, 2.24) is 4.90 Å². The molecule has 0 N–H and O–H groups in total. The smallest absolute Gasteiger partial charge is 0.221 e. The summed E-state index contributed by atoms with van der Waals surface area (Å²) < 4.78 is 5.57. The third-order valence-electron chi connectivity index (χ3n) is 1.80. The lowest BCUT2D eigenvalue weighted by Crippen LogP contribution is -2.47. The zero-order valence-electron chi connectivity index (χ0n) is 8.84. The molecule has 0 saturated carbocycles. The van der Waals surface area contributed by atoms with Crippen molar-refractivity contribution in [2.24, 2.45) is 0 Å². The van der Waals surface area contributed by atoms with E-state index in [2.05, 4.69) is 0 Å². The van der Waals surface area contributed by atoms with Gasteiger partial charge in [0.15, 0.2) is 0 Å². The molecule has 0 aromatic carbocycles. The quantitative estimate of drug-likeness (QED) is 0.607. The molecule has 72 valence electrons. The van der Waals surface area contributed by atoms with Gasteiger partial charge in [-0.3, -0.25) is 4.79 Å². The molecule has 0 aliphatic carbocycles. The zero-order chi connectivity index (χ0) is 9.94. The summed E-state index contributed by atoms with van der Waals surface area (Å²) in [5.41, 5.74) is -0.514. The van der Waals surface area contributed by atoms with E-state index in [0.29, 0.717) is 0 Å². The number of amides is 1. The highest BCUT2D eigenvalue weighted by atomic mass is 16.5. The normalized spacial score (nSPS) is 11.9. The minimum Gasteiger partial charge on any atom is -0.354 e. The van der Waals surface area contributed by atoms with Crippen molar-refractivity contribution in [2.75, 3.05) is 7.05 Å². The lowest BCUT2D eigenvalue weighted by Gasteiger charge is -2.36. The van der Waals surface area contributed by atoms with Crippen molar-refractivity contribution >= 4 is 5.91 Å². The van der Waals surface area contributed by atoms with E-state index >= 15 is 0 Å². The first-order valence-electron chi connectivity index (χ1n) is 4.19. The van der Waals surface area contributed by atoms with E-state index in [-0.39, 0.29) is 12.0 Å². The summed E-state index contributed by atoms with van der Waals surface area (Å²) in [6.07, 6.45) is 0.127. The average Bonchev–Trinajstić information content (AvgIpc) is 1.82. The monoisotopic (exact) mass is 173 g/mol. The molecular formula is C9H19NO2. The molecule has 0 spiro atoms. The van der Waals surface area contributed by atoms with E-state index in [1.807, 2.05) is 27.7 Å². The molecule has 0 radical (unpaired) electrons. The molecule has 0 bridgehead atoms. The minimum absolute atomic E-state index is 0.0145. The van der Waals surface area contributed by atoms with Crippen LogP contribution in [0, 0.1) is 0 Å². The van der Waals surface area contributed by atoms with Gasteiger partial charge in [0, 0.05) is 14.0 Å². The van der Waals surface area contributed by atoms with E-state index in [4.69, 9.17) is 4.74 Å². The number of hydrogen-bond donors (Lipinski definition) is 0. The topological polar surface area (TPSA) is 29.5 Å². The fraction of sp³-hybridized carbons (Fsp3) is 0.889. The van der Waals surface area contributed by atoms with Crippen molar-refractivity contribution in [3.05, 3.63) is 0 Å². The number of ether oxygens (including phenoxy) is 1. The number of hydrogen-bond acceptors (Lipinski definition) is 2. The van der Waals surface area contributed by atoms with Crippen molar-refractivity contribution in [3.63, 3.8) is 0 Å². The van der Waals surface area contributed by atoms with Crippen molar-refractivity contribution in [3.8, 4) is 0 Å². The highest BCUT2D eigenvalue weighted by Crippen LogP contribution is 2.16. The highest BCUT2D eigenvalue weighted by Gasteiger charge is 2.26. The van der Waals surface area contributed by atoms with E-state index < -0.39 is 5.72 Å². The second-order valence-electron chi connectivity index (χ2n) is 3.69. The van der Waals surface area contributed by atoms with Crippen LogP contribution in [0.5, 0.6) is 0 Å². The molecule has 0 atom stereocenters. The van der Waals surface area contributed by atoms with Gasteiger partial charge in [-0.15, -0.1) is 0 Å². The molecule has 1 amide bonds. The average molecular weight is 173 g/mol. The van der Waals surface area contributed by atoms with Crippen LogP contribution in [0.25, 0.3) is 0 Å². The van der Waals surface area contributed by atoms with E-state index in [1.165, 1.54) is 6.92 Å². The lowest BCUT2D eigenvalue weighted by atomic mass is 10.2. The minimum atomic E-state index is -0.514. The summed E-state index contributed by atoms with van der Waals surface area (Å²) in [5.74, 6) is 0.0145. The van der Waals surface area contributed by atoms with Crippen LogP contribution in [0.4, 0.5) is 0 Å². The van der Waals surface area contributed by atoms with Gasteiger partial charge in [-0.1, -0.05) is 0 Å². The maximum absolute atomic E-state index is 11.0. The molecule has 0 aliphatic heterocycles. The summed E-state index contributed by atoms with van der Waals surface area (Å²) in [6, 6.07) is 0. The molecule has 3 nitrogen and oxygen atoms in total. The Balaban J connectivity index is 4.28. The highest BCUT2D eigenvalue weighted by molar-refractivity contribution is 5.73. The molecule has 0 aliphatic rings. The van der Waals surface area contributed by atoms with Crippen LogP contribution in [-0.4, -0.2) is 29.7 Å². The first-order chi connectivity index (χ1) is 5.27. The summed E-state index contributed by atoms with van der Waals surface area (Å²) in [5, 5.41) is 0. The summed E-state index contributed by atoms with van der Waals surface area (Å²) in [7, 11) is 1.74. The van der Waals surface area contributed by atoms with Crippen LogP contribution in [-0.2, 0) is 9.53 Å². The first kappa shape index (κ1) is 11.4. The van der Waals surface area contributed by atoms with Crippen LogP contribution < -0.4 is 0 Å². The molecule has 3 heteroatoms. The SMILES string of the molecule is CC(=O)N(C)C(C)(C)OC(C)C. The number of carbonyl (C=O) groups excluding carboxylic acids is 1. The first-order valence-corrected chi connectivity index (χ1v) is 4.19. The number of nitrogens with zero attached hydrogens (tertiary/aromatic N) is 1. The van der Waals surface area contributed by atoms with Crippen molar-refractivity contribution < 1.29 is 9.53 Å². The van der Waals surface area contributed by atoms with Gasteiger partial charge in [0.25, 0.3) is 0 Å². The van der Waals surface area contributed by atoms with Gasteiger partial charge in [-0.25, -0.2) is 0 Å². The standard InChI is InChI=1S/C9H19NO2/c1-7(2)12-9(4,5)10(6)8(3)11/h7H,1-6H3. The van der Waals surface area contributed by atoms with E-state index in [9.17, 15) is 4.79 Å². The van der Waals surface area contributed by atoms with Gasteiger partial charge in [-0.05, 0) is 27.7 Å². The summed E-state index contributed by atoms with van der Waals surface area (Å²) in [4.78, 5) is 12.6.